The maximum absolute atomic E-state index is 13.1. The van der Waals surface area contributed by atoms with E-state index in [1.54, 1.807) is 13.2 Å². The van der Waals surface area contributed by atoms with Crippen LogP contribution < -0.4 is 15.6 Å². The minimum absolute atomic E-state index is 0.134. The Hall–Kier alpha value is -3.90. The summed E-state index contributed by atoms with van der Waals surface area (Å²) in [5.41, 5.74) is 3.97. The minimum atomic E-state index is -0.469. The zero-order valence-electron chi connectivity index (χ0n) is 16.6. The van der Waals surface area contributed by atoms with Gasteiger partial charge in [0, 0.05) is 30.1 Å². The second-order valence-corrected chi connectivity index (χ2v) is 6.99. The number of fused-ring (bicyclic) bond motifs is 1. The second kappa shape index (κ2) is 8.23. The summed E-state index contributed by atoms with van der Waals surface area (Å²) >= 11 is 0. The fourth-order valence-electron chi connectivity index (χ4n) is 3.48. The van der Waals surface area contributed by atoms with Crippen LogP contribution in [0.25, 0.3) is 5.57 Å². The van der Waals surface area contributed by atoms with Crippen LogP contribution in [-0.2, 0) is 4.79 Å². The first-order valence-electron chi connectivity index (χ1n) is 9.60. The van der Waals surface area contributed by atoms with Gasteiger partial charge in [-0.25, -0.2) is 15.6 Å². The van der Waals surface area contributed by atoms with Gasteiger partial charge in [0.15, 0.2) is 0 Å². The Morgan fingerprint density at radius 1 is 0.900 bits per heavy atom. The van der Waals surface area contributed by atoms with Crippen molar-refractivity contribution in [1.29, 1.82) is 0 Å². The van der Waals surface area contributed by atoms with Crippen LogP contribution in [0.5, 0.6) is 0 Å². The number of likely N-dealkylation sites (N-methyl/N-ethyl adjacent to an activating group) is 1. The highest BCUT2D eigenvalue weighted by atomic mass is 16.2. The molecule has 6 heteroatoms. The maximum atomic E-state index is 13.1. The van der Waals surface area contributed by atoms with Gasteiger partial charge in [0.25, 0.3) is 0 Å². The van der Waals surface area contributed by atoms with E-state index in [1.165, 1.54) is 9.80 Å². The molecule has 1 heterocycles. The lowest BCUT2D eigenvalue weighted by Crippen LogP contribution is -2.48. The molecule has 0 radical (unpaired) electrons. The number of carbonyl (C=O) groups is 2. The lowest BCUT2D eigenvalue weighted by atomic mass is 9.97. The van der Waals surface area contributed by atoms with Crippen LogP contribution in [0.15, 0.2) is 91.1 Å². The van der Waals surface area contributed by atoms with Crippen LogP contribution in [-0.4, -0.2) is 30.5 Å². The topological polar surface area (TPSA) is 69.9 Å². The molecule has 0 spiro atoms. The van der Waals surface area contributed by atoms with E-state index < -0.39 is 6.03 Å². The highest BCUT2D eigenvalue weighted by Crippen LogP contribution is 2.34. The smallest absolute Gasteiger partial charge is 0.314 e. The Balaban J connectivity index is 1.72. The van der Waals surface area contributed by atoms with Crippen molar-refractivity contribution < 1.29 is 9.59 Å². The van der Waals surface area contributed by atoms with Crippen molar-refractivity contribution in [3.8, 4) is 0 Å². The first-order valence-corrected chi connectivity index (χ1v) is 9.60. The summed E-state index contributed by atoms with van der Waals surface area (Å²) in [7, 11) is 1.69. The number of rotatable bonds is 4. The van der Waals surface area contributed by atoms with Crippen molar-refractivity contribution in [2.45, 2.75) is 0 Å². The summed E-state index contributed by atoms with van der Waals surface area (Å²) < 4.78 is 0. The zero-order valence-corrected chi connectivity index (χ0v) is 16.6. The van der Waals surface area contributed by atoms with E-state index >= 15 is 0 Å². The van der Waals surface area contributed by atoms with E-state index in [0.29, 0.717) is 5.69 Å². The van der Waals surface area contributed by atoms with E-state index in [2.05, 4.69) is 0 Å². The number of nitrogens with two attached hydrogens (primary N) is 1. The van der Waals surface area contributed by atoms with Gasteiger partial charge < -0.3 is 4.90 Å². The first-order chi connectivity index (χ1) is 14.6. The van der Waals surface area contributed by atoms with Gasteiger partial charge in [0.1, 0.15) is 6.54 Å². The molecule has 0 unspecified atom stereocenters. The summed E-state index contributed by atoms with van der Waals surface area (Å²) in [4.78, 5) is 29.0. The summed E-state index contributed by atoms with van der Waals surface area (Å²) in [6, 6.07) is 26.1. The van der Waals surface area contributed by atoms with Crippen LogP contribution in [0.4, 0.5) is 16.2 Å². The van der Waals surface area contributed by atoms with Crippen molar-refractivity contribution in [2.75, 3.05) is 23.4 Å². The van der Waals surface area contributed by atoms with Crippen molar-refractivity contribution in [1.82, 2.24) is 5.01 Å². The largest absolute Gasteiger partial charge is 0.343 e. The third-order valence-electron chi connectivity index (χ3n) is 5.10. The summed E-state index contributed by atoms with van der Waals surface area (Å²) in [6.45, 7) is -0.134. The molecule has 0 bridgehead atoms. The number of hydrogen-bond donors (Lipinski definition) is 1. The molecule has 6 nitrogen and oxygen atoms in total. The monoisotopic (exact) mass is 398 g/mol. The van der Waals surface area contributed by atoms with Crippen molar-refractivity contribution in [2.24, 2.45) is 5.84 Å². The lowest BCUT2D eigenvalue weighted by molar-refractivity contribution is -0.117. The quantitative estimate of drug-likeness (QED) is 0.536. The molecule has 0 saturated carbocycles. The summed E-state index contributed by atoms with van der Waals surface area (Å²) in [6.07, 6.45) is 1.61. The number of benzene rings is 3. The van der Waals surface area contributed by atoms with Crippen molar-refractivity contribution in [3.05, 3.63) is 102 Å². The summed E-state index contributed by atoms with van der Waals surface area (Å²) in [5, 5.41) is 1.04. The van der Waals surface area contributed by atoms with Crippen molar-refractivity contribution in [3.63, 3.8) is 0 Å². The number of carbonyl (C=O) groups excluding carboxylic acids is 2. The average molecular weight is 398 g/mol. The Labute approximate surface area is 175 Å². The van der Waals surface area contributed by atoms with Gasteiger partial charge in [-0.3, -0.25) is 9.69 Å². The lowest BCUT2D eigenvalue weighted by Gasteiger charge is -2.27. The molecule has 0 aliphatic carbocycles. The minimum Gasteiger partial charge on any atom is -0.314 e. The van der Waals surface area contributed by atoms with Gasteiger partial charge in [-0.15, -0.1) is 0 Å². The molecule has 3 aromatic carbocycles. The Morgan fingerprint density at radius 3 is 2.20 bits per heavy atom. The molecule has 30 heavy (non-hydrogen) atoms. The van der Waals surface area contributed by atoms with Gasteiger partial charge in [-0.05, 0) is 23.8 Å². The molecular weight excluding hydrogens is 376 g/mol. The van der Waals surface area contributed by atoms with E-state index in [1.807, 2.05) is 84.9 Å². The summed E-state index contributed by atoms with van der Waals surface area (Å²) in [5.74, 6) is 5.86. The molecule has 4 rings (SSSR count). The average Bonchev–Trinajstić information content (AvgIpc) is 2.90. The number of para-hydroxylation sites is 2. The third kappa shape index (κ3) is 3.68. The van der Waals surface area contributed by atoms with Gasteiger partial charge in [-0.1, -0.05) is 66.7 Å². The SMILES string of the molecule is CN(C(=O)CN1C(=O)N(N)C=C(c2ccccc2)c2ccccc21)c1ccccc1. The van der Waals surface area contributed by atoms with Crippen LogP contribution in [0.1, 0.15) is 11.1 Å². The number of hydrogen-bond acceptors (Lipinski definition) is 3. The zero-order chi connectivity index (χ0) is 21.1. The fourth-order valence-corrected chi connectivity index (χ4v) is 3.48. The molecule has 2 N–H and O–H groups in total. The van der Waals surface area contributed by atoms with Crippen LogP contribution in [0.3, 0.4) is 0 Å². The predicted octanol–water partition coefficient (Wildman–Crippen LogP) is 3.85. The molecule has 3 aromatic rings. The standard InChI is InChI=1S/C24H22N4O2/c1-26(19-12-6-3-7-13-19)23(29)17-27-22-15-9-8-14-20(22)21(16-28(25)24(27)30)18-10-4-2-5-11-18/h2-16H,17,25H2,1H3. The van der Waals surface area contributed by atoms with Gasteiger partial charge in [0.05, 0.1) is 5.69 Å². The number of nitrogens with zero attached hydrogens (tertiary/aromatic N) is 3. The van der Waals surface area contributed by atoms with Gasteiger partial charge >= 0.3 is 6.03 Å². The molecule has 0 saturated heterocycles. The highest BCUT2D eigenvalue weighted by Gasteiger charge is 2.30. The predicted molar refractivity (Wildman–Crippen MR) is 119 cm³/mol. The molecular formula is C24H22N4O2. The normalized spacial score (nSPS) is 13.4. The van der Waals surface area contributed by atoms with E-state index in [4.69, 9.17) is 5.84 Å². The molecule has 1 aliphatic rings. The van der Waals surface area contributed by atoms with E-state index in [9.17, 15) is 9.59 Å². The number of urea groups is 1. The van der Waals surface area contributed by atoms with E-state index in [-0.39, 0.29) is 12.5 Å². The maximum Gasteiger partial charge on any atom is 0.343 e. The molecule has 0 aromatic heterocycles. The Kier molecular flexibility index (Phi) is 5.32. The number of amides is 3. The molecule has 3 amide bonds. The van der Waals surface area contributed by atoms with Crippen LogP contribution in [0, 0.1) is 0 Å². The highest BCUT2D eigenvalue weighted by molar-refractivity contribution is 6.06. The number of anilines is 2. The van der Waals surface area contributed by atoms with Crippen LogP contribution in [0.2, 0.25) is 0 Å². The van der Waals surface area contributed by atoms with Crippen LogP contribution >= 0.6 is 0 Å². The molecule has 150 valence electrons. The first kappa shape index (κ1) is 19.4. The number of hydrazine groups is 1. The van der Waals surface area contributed by atoms with Gasteiger partial charge in [0.2, 0.25) is 5.91 Å². The molecule has 1 aliphatic heterocycles. The molecule has 0 atom stereocenters. The van der Waals surface area contributed by atoms with E-state index in [0.717, 1.165) is 27.4 Å². The van der Waals surface area contributed by atoms with Gasteiger partial charge in [-0.2, -0.15) is 0 Å². The fraction of sp³-hybridized carbons (Fsp3) is 0.0833. The third-order valence-corrected chi connectivity index (χ3v) is 5.10. The second-order valence-electron chi connectivity index (χ2n) is 6.99. The van der Waals surface area contributed by atoms with Crippen molar-refractivity contribution >= 4 is 28.9 Å². The Morgan fingerprint density at radius 2 is 1.50 bits per heavy atom. The molecule has 0 fully saturated rings. The Bertz CT molecular complexity index is 1100.